The molecule has 1 heterocycles. The molecule has 4 heteroatoms. The fraction of sp³-hybridized carbons (Fsp3) is 0.231. The van der Waals surface area contributed by atoms with E-state index in [0.29, 0.717) is 6.04 Å². The lowest BCUT2D eigenvalue weighted by atomic mass is 10.2. The van der Waals surface area contributed by atoms with Gasteiger partial charge in [-0.25, -0.2) is 0 Å². The number of nitrogens with one attached hydrogen (secondary N) is 1. The molecule has 1 N–H and O–H groups in total. The Morgan fingerprint density at radius 2 is 2.06 bits per heavy atom. The van der Waals surface area contributed by atoms with E-state index in [1.165, 1.54) is 15.3 Å². The molecule has 0 amide bonds. The Kier molecular flexibility index (Phi) is 4.26. The highest BCUT2D eigenvalue weighted by atomic mass is 79.9. The van der Waals surface area contributed by atoms with E-state index in [1.807, 2.05) is 25.2 Å². The van der Waals surface area contributed by atoms with Crippen LogP contribution in [0.15, 0.2) is 34.8 Å². The van der Waals surface area contributed by atoms with Crippen molar-refractivity contribution in [2.75, 3.05) is 7.05 Å². The zero-order valence-corrected chi connectivity index (χ0v) is 12.8. The van der Waals surface area contributed by atoms with Gasteiger partial charge in [0.1, 0.15) is 0 Å². The zero-order chi connectivity index (χ0) is 12.4. The first-order valence-corrected chi connectivity index (χ1v) is 7.33. The Morgan fingerprint density at radius 1 is 1.29 bits per heavy atom. The second kappa shape index (κ2) is 5.53. The lowest BCUT2D eigenvalue weighted by Gasteiger charge is -2.06. The van der Waals surface area contributed by atoms with Gasteiger partial charge in [0.05, 0.1) is 0 Å². The van der Waals surface area contributed by atoms with Gasteiger partial charge in [0.15, 0.2) is 0 Å². The maximum atomic E-state index is 5.95. The van der Waals surface area contributed by atoms with Gasteiger partial charge in [-0.1, -0.05) is 33.6 Å². The maximum Gasteiger partial charge on any atom is 0.0417 e. The molecule has 1 atom stereocenters. The van der Waals surface area contributed by atoms with Crippen molar-refractivity contribution < 1.29 is 0 Å². The van der Waals surface area contributed by atoms with Crippen molar-refractivity contribution in [3.8, 4) is 10.4 Å². The highest BCUT2D eigenvalue weighted by Gasteiger charge is 2.10. The number of hydrogen-bond donors (Lipinski definition) is 1. The van der Waals surface area contributed by atoms with E-state index in [-0.39, 0.29) is 0 Å². The van der Waals surface area contributed by atoms with Crippen molar-refractivity contribution >= 4 is 38.9 Å². The summed E-state index contributed by atoms with van der Waals surface area (Å²) in [6, 6.07) is 10.6. The summed E-state index contributed by atoms with van der Waals surface area (Å²) >= 11 is 11.3. The molecule has 0 fully saturated rings. The van der Waals surface area contributed by atoms with Crippen LogP contribution >= 0.6 is 38.9 Å². The van der Waals surface area contributed by atoms with Gasteiger partial charge in [-0.05, 0) is 38.2 Å². The first kappa shape index (κ1) is 13.1. The van der Waals surface area contributed by atoms with Crippen LogP contribution in [0, 0.1) is 0 Å². The quantitative estimate of drug-likeness (QED) is 0.824. The number of benzene rings is 1. The van der Waals surface area contributed by atoms with Crippen LogP contribution in [0.3, 0.4) is 0 Å². The Labute approximate surface area is 119 Å². The van der Waals surface area contributed by atoms with Crippen LogP contribution in [0.1, 0.15) is 17.8 Å². The van der Waals surface area contributed by atoms with Crippen molar-refractivity contribution in [2.45, 2.75) is 13.0 Å². The molecule has 2 rings (SSSR count). The SMILES string of the molecule is CNC(C)c1ccc(-c2ccc(Cl)cc2Br)s1. The van der Waals surface area contributed by atoms with Crippen molar-refractivity contribution in [3.63, 3.8) is 0 Å². The van der Waals surface area contributed by atoms with Crippen LogP contribution in [-0.2, 0) is 0 Å². The highest BCUT2D eigenvalue weighted by Crippen LogP contribution is 2.36. The third-order valence-corrected chi connectivity index (χ3v) is 4.88. The average Bonchev–Trinajstić information content (AvgIpc) is 2.77. The van der Waals surface area contributed by atoms with Crippen LogP contribution < -0.4 is 5.32 Å². The monoisotopic (exact) mass is 329 g/mol. The van der Waals surface area contributed by atoms with Crippen LogP contribution in [-0.4, -0.2) is 7.05 Å². The molecule has 0 bridgehead atoms. The molecule has 0 spiro atoms. The van der Waals surface area contributed by atoms with E-state index < -0.39 is 0 Å². The largest absolute Gasteiger partial charge is 0.313 e. The van der Waals surface area contributed by atoms with Crippen LogP contribution in [0.25, 0.3) is 10.4 Å². The van der Waals surface area contributed by atoms with Gasteiger partial charge in [0.25, 0.3) is 0 Å². The van der Waals surface area contributed by atoms with E-state index in [4.69, 9.17) is 11.6 Å². The molecule has 0 aliphatic heterocycles. The summed E-state index contributed by atoms with van der Waals surface area (Å²) in [5, 5.41) is 4.00. The maximum absolute atomic E-state index is 5.95. The molecule has 1 aromatic carbocycles. The van der Waals surface area contributed by atoms with Crippen LogP contribution in [0.5, 0.6) is 0 Å². The van der Waals surface area contributed by atoms with Gasteiger partial charge in [-0.2, -0.15) is 0 Å². The number of hydrogen-bond acceptors (Lipinski definition) is 2. The van der Waals surface area contributed by atoms with Crippen molar-refractivity contribution in [1.82, 2.24) is 5.32 Å². The molecule has 0 saturated heterocycles. The summed E-state index contributed by atoms with van der Waals surface area (Å²) in [4.78, 5) is 2.59. The average molecular weight is 331 g/mol. The molecule has 0 radical (unpaired) electrons. The summed E-state index contributed by atoms with van der Waals surface area (Å²) in [7, 11) is 1.97. The fourth-order valence-corrected chi connectivity index (χ4v) is 3.70. The van der Waals surface area contributed by atoms with Gasteiger partial charge >= 0.3 is 0 Å². The molecule has 90 valence electrons. The van der Waals surface area contributed by atoms with Crippen LogP contribution in [0.4, 0.5) is 0 Å². The molecule has 0 saturated carbocycles. The topological polar surface area (TPSA) is 12.0 Å². The van der Waals surface area contributed by atoms with E-state index >= 15 is 0 Å². The summed E-state index contributed by atoms with van der Waals surface area (Å²) in [5.41, 5.74) is 1.19. The zero-order valence-electron chi connectivity index (χ0n) is 9.63. The molecule has 17 heavy (non-hydrogen) atoms. The lowest BCUT2D eigenvalue weighted by Crippen LogP contribution is -2.10. The van der Waals surface area contributed by atoms with Gasteiger partial charge in [0.2, 0.25) is 0 Å². The second-order valence-electron chi connectivity index (χ2n) is 3.84. The highest BCUT2D eigenvalue weighted by molar-refractivity contribution is 9.10. The van der Waals surface area contributed by atoms with Gasteiger partial charge < -0.3 is 5.32 Å². The Morgan fingerprint density at radius 3 is 2.71 bits per heavy atom. The smallest absolute Gasteiger partial charge is 0.0417 e. The Bertz CT molecular complexity index is 524. The lowest BCUT2D eigenvalue weighted by molar-refractivity contribution is 0.664. The molecular weight excluding hydrogens is 318 g/mol. The molecule has 0 aliphatic carbocycles. The summed E-state index contributed by atoms with van der Waals surface area (Å²) in [5.74, 6) is 0. The van der Waals surface area contributed by atoms with Gasteiger partial charge in [0, 0.05) is 30.9 Å². The molecular formula is C13H13BrClNS. The van der Waals surface area contributed by atoms with Gasteiger partial charge in [-0.3, -0.25) is 0 Å². The number of rotatable bonds is 3. The summed E-state index contributed by atoms with van der Waals surface area (Å²) in [6.07, 6.45) is 0. The normalized spacial score (nSPS) is 12.7. The van der Waals surface area contributed by atoms with E-state index in [0.717, 1.165) is 9.50 Å². The first-order chi connectivity index (χ1) is 8.11. The van der Waals surface area contributed by atoms with Crippen molar-refractivity contribution in [1.29, 1.82) is 0 Å². The fourth-order valence-electron chi connectivity index (χ4n) is 1.56. The summed E-state index contributed by atoms with van der Waals surface area (Å²) in [6.45, 7) is 2.16. The number of thiophene rings is 1. The van der Waals surface area contributed by atoms with Crippen LogP contribution in [0.2, 0.25) is 5.02 Å². The molecule has 2 aromatic rings. The molecule has 1 nitrogen and oxygen atoms in total. The third kappa shape index (κ3) is 2.91. The number of halogens is 2. The minimum Gasteiger partial charge on any atom is -0.313 e. The van der Waals surface area contributed by atoms with E-state index in [9.17, 15) is 0 Å². The standard InChI is InChI=1S/C13H13BrClNS/c1-8(16-2)12-5-6-13(17-12)10-4-3-9(15)7-11(10)14/h3-8,16H,1-2H3. The van der Waals surface area contributed by atoms with Crippen molar-refractivity contribution in [2.24, 2.45) is 0 Å². The summed E-state index contributed by atoms with van der Waals surface area (Å²) < 4.78 is 1.04. The predicted molar refractivity (Wildman–Crippen MR) is 79.9 cm³/mol. The Hall–Kier alpha value is -0.350. The predicted octanol–water partition coefficient (Wildman–Crippen LogP) is 5.11. The third-order valence-electron chi connectivity index (χ3n) is 2.68. The van der Waals surface area contributed by atoms with E-state index in [2.05, 4.69) is 40.3 Å². The molecule has 0 aliphatic rings. The second-order valence-corrected chi connectivity index (χ2v) is 6.24. The minimum absolute atomic E-state index is 0.389. The molecule has 1 unspecified atom stereocenters. The van der Waals surface area contributed by atoms with Gasteiger partial charge in [-0.15, -0.1) is 11.3 Å². The first-order valence-electron chi connectivity index (χ1n) is 5.34. The molecule has 1 aromatic heterocycles. The van der Waals surface area contributed by atoms with Crippen molar-refractivity contribution in [3.05, 3.63) is 44.7 Å². The minimum atomic E-state index is 0.389. The van der Waals surface area contributed by atoms with E-state index in [1.54, 1.807) is 11.3 Å². The Balaban J connectivity index is 2.37.